The van der Waals surface area contributed by atoms with Gasteiger partial charge in [0.05, 0.1) is 31.2 Å². The van der Waals surface area contributed by atoms with Crippen LogP contribution in [0, 0.1) is 20.8 Å². The van der Waals surface area contributed by atoms with E-state index in [0.29, 0.717) is 48.9 Å². The first kappa shape index (κ1) is 28.4. The van der Waals surface area contributed by atoms with Gasteiger partial charge in [-0.2, -0.15) is 4.31 Å². The minimum Gasteiger partial charge on any atom is -0.379 e. The maximum Gasteiger partial charge on any atom is 0.244 e. The van der Waals surface area contributed by atoms with Crippen LogP contribution in [0.3, 0.4) is 0 Å². The number of aryl methyl sites for hydroxylation is 3. The highest BCUT2D eigenvalue weighted by Gasteiger charge is 2.31. The van der Waals surface area contributed by atoms with E-state index in [4.69, 9.17) is 4.74 Å². The number of carbonyl (C=O) groups excluding carboxylic acids is 1. The van der Waals surface area contributed by atoms with Crippen molar-refractivity contribution in [3.63, 3.8) is 0 Å². The molecule has 1 saturated heterocycles. The van der Waals surface area contributed by atoms with Crippen molar-refractivity contribution >= 4 is 27.3 Å². The first-order valence-electron chi connectivity index (χ1n) is 13.0. The Bertz CT molecular complexity index is 1280. The number of ether oxygens (including phenoxy) is 1. The molecule has 2 heterocycles. The molecule has 0 spiro atoms. The molecule has 0 aliphatic carbocycles. The molecule has 4 rings (SSSR count). The van der Waals surface area contributed by atoms with E-state index in [-0.39, 0.29) is 19.0 Å². The maximum absolute atomic E-state index is 14.1. The number of amides is 1. The summed E-state index contributed by atoms with van der Waals surface area (Å²) < 4.78 is 35.0. The van der Waals surface area contributed by atoms with Gasteiger partial charge in [0.15, 0.2) is 0 Å². The lowest BCUT2D eigenvalue weighted by Crippen LogP contribution is -2.47. The predicted octanol–water partition coefficient (Wildman–Crippen LogP) is 4.23. The second kappa shape index (κ2) is 13.0. The van der Waals surface area contributed by atoms with Crippen molar-refractivity contribution in [2.75, 3.05) is 45.9 Å². The Morgan fingerprint density at radius 1 is 0.974 bits per heavy atom. The second-order valence-electron chi connectivity index (χ2n) is 9.84. The highest BCUT2D eigenvalue weighted by molar-refractivity contribution is 7.89. The molecule has 0 unspecified atom stereocenters. The highest BCUT2D eigenvalue weighted by Crippen LogP contribution is 2.26. The van der Waals surface area contributed by atoms with Crippen LogP contribution in [0.25, 0.3) is 0 Å². The van der Waals surface area contributed by atoms with E-state index < -0.39 is 10.0 Å². The van der Waals surface area contributed by atoms with Crippen LogP contribution in [-0.4, -0.2) is 74.4 Å². The quantitative estimate of drug-likeness (QED) is 0.354. The second-order valence-corrected chi connectivity index (χ2v) is 12.7. The predicted molar refractivity (Wildman–Crippen MR) is 152 cm³/mol. The van der Waals surface area contributed by atoms with Crippen molar-refractivity contribution in [3.8, 4) is 0 Å². The zero-order chi connectivity index (χ0) is 27.1. The van der Waals surface area contributed by atoms with E-state index in [0.717, 1.165) is 29.1 Å². The molecule has 1 aliphatic heterocycles. The molecule has 1 amide bonds. The molecule has 0 saturated carbocycles. The van der Waals surface area contributed by atoms with Gasteiger partial charge < -0.3 is 9.64 Å². The van der Waals surface area contributed by atoms with Crippen molar-refractivity contribution in [2.45, 2.75) is 38.8 Å². The van der Waals surface area contributed by atoms with Crippen molar-refractivity contribution < 1.29 is 17.9 Å². The molecule has 38 heavy (non-hydrogen) atoms. The molecule has 0 bridgehead atoms. The lowest BCUT2D eigenvalue weighted by Gasteiger charge is -2.31. The van der Waals surface area contributed by atoms with Gasteiger partial charge in [0, 0.05) is 37.6 Å². The third-order valence-corrected chi connectivity index (χ3v) is 9.79. The van der Waals surface area contributed by atoms with Gasteiger partial charge in [0.2, 0.25) is 15.9 Å². The van der Waals surface area contributed by atoms with Crippen LogP contribution < -0.4 is 0 Å². The highest BCUT2D eigenvalue weighted by atomic mass is 32.2. The summed E-state index contributed by atoms with van der Waals surface area (Å²) in [6, 6.07) is 17.6. The molecule has 0 N–H and O–H groups in total. The van der Waals surface area contributed by atoms with Gasteiger partial charge in [-0.25, -0.2) is 8.42 Å². The number of benzene rings is 2. The summed E-state index contributed by atoms with van der Waals surface area (Å²) >= 11 is 1.59. The van der Waals surface area contributed by atoms with Gasteiger partial charge in [0.1, 0.15) is 0 Å². The zero-order valence-corrected chi connectivity index (χ0v) is 24.1. The smallest absolute Gasteiger partial charge is 0.244 e. The molecular formula is C29H37N3O4S2. The minimum absolute atomic E-state index is 0.211. The monoisotopic (exact) mass is 555 g/mol. The van der Waals surface area contributed by atoms with Crippen LogP contribution in [-0.2, 0) is 32.6 Å². The van der Waals surface area contributed by atoms with E-state index in [1.807, 2.05) is 80.7 Å². The topological polar surface area (TPSA) is 70.2 Å². The number of hydrogen-bond acceptors (Lipinski definition) is 6. The van der Waals surface area contributed by atoms with Crippen LogP contribution in [0.1, 0.15) is 27.1 Å². The number of morpholine rings is 1. The lowest BCUT2D eigenvalue weighted by molar-refractivity contribution is -0.132. The molecule has 1 aliphatic rings. The number of thiophene rings is 1. The van der Waals surface area contributed by atoms with E-state index in [2.05, 4.69) is 4.90 Å². The maximum atomic E-state index is 14.1. The molecular weight excluding hydrogens is 518 g/mol. The molecule has 0 atom stereocenters. The third kappa shape index (κ3) is 7.30. The fourth-order valence-corrected chi connectivity index (χ4v) is 7.45. The fourth-order valence-electron chi connectivity index (χ4n) is 4.94. The summed E-state index contributed by atoms with van der Waals surface area (Å²) in [5.74, 6) is -0.213. The Balaban J connectivity index is 1.62. The summed E-state index contributed by atoms with van der Waals surface area (Å²) in [4.78, 5) is 19.1. The summed E-state index contributed by atoms with van der Waals surface area (Å²) in [6.07, 6.45) is 0. The van der Waals surface area contributed by atoms with Gasteiger partial charge in [-0.1, -0.05) is 54.1 Å². The van der Waals surface area contributed by atoms with Crippen molar-refractivity contribution in [1.82, 2.24) is 14.1 Å². The molecule has 9 heteroatoms. The Hall–Kier alpha value is -2.56. The van der Waals surface area contributed by atoms with E-state index in [9.17, 15) is 13.2 Å². The zero-order valence-electron chi connectivity index (χ0n) is 22.4. The van der Waals surface area contributed by atoms with Gasteiger partial charge in [-0.05, 0) is 48.9 Å². The average molecular weight is 556 g/mol. The number of nitrogens with zero attached hydrogens (tertiary/aromatic N) is 3. The van der Waals surface area contributed by atoms with E-state index >= 15 is 0 Å². The Morgan fingerprint density at radius 3 is 2.29 bits per heavy atom. The first-order chi connectivity index (χ1) is 18.2. The summed E-state index contributed by atoms with van der Waals surface area (Å²) in [5, 5.41) is 1.99. The molecule has 7 nitrogen and oxygen atoms in total. The normalized spacial score (nSPS) is 14.6. The van der Waals surface area contributed by atoms with Crippen molar-refractivity contribution in [1.29, 1.82) is 0 Å². The van der Waals surface area contributed by atoms with Crippen LogP contribution >= 0.6 is 11.3 Å². The number of carbonyl (C=O) groups is 1. The van der Waals surface area contributed by atoms with Gasteiger partial charge in [-0.15, -0.1) is 11.3 Å². The lowest BCUT2D eigenvalue weighted by atomic mass is 10.1. The first-order valence-corrected chi connectivity index (χ1v) is 15.3. The average Bonchev–Trinajstić information content (AvgIpc) is 3.39. The van der Waals surface area contributed by atoms with Crippen LogP contribution in [0.2, 0.25) is 0 Å². The molecule has 0 radical (unpaired) electrons. The molecule has 204 valence electrons. The SMILES string of the molecule is Cc1cc(C)c(S(=O)(=O)N(CCN2CCOCC2)CC(=O)N(Cc2ccccc2)Cc2cccs2)c(C)c1. The van der Waals surface area contributed by atoms with E-state index in [1.54, 1.807) is 16.2 Å². The molecule has 2 aromatic carbocycles. The molecule has 1 aromatic heterocycles. The molecule has 3 aromatic rings. The summed E-state index contributed by atoms with van der Waals surface area (Å²) in [7, 11) is -3.91. The van der Waals surface area contributed by atoms with Gasteiger partial charge >= 0.3 is 0 Å². The third-order valence-electron chi connectivity index (χ3n) is 6.78. The number of rotatable bonds is 11. The van der Waals surface area contributed by atoms with Gasteiger partial charge in [-0.3, -0.25) is 9.69 Å². The standard InChI is InChI=1S/C29H37N3O4S2/c1-23-18-24(2)29(25(3)19-23)38(34,35)32(12-11-30-13-15-36-16-14-30)22-28(33)31(21-27-10-7-17-37-27)20-26-8-5-4-6-9-26/h4-10,17-19H,11-16,20-22H2,1-3H3. The minimum atomic E-state index is -3.91. The van der Waals surface area contributed by atoms with Crippen molar-refractivity contribution in [3.05, 3.63) is 87.1 Å². The number of sulfonamides is 1. The number of hydrogen-bond donors (Lipinski definition) is 0. The van der Waals surface area contributed by atoms with Crippen molar-refractivity contribution in [2.24, 2.45) is 0 Å². The molecule has 1 fully saturated rings. The Kier molecular flexibility index (Phi) is 9.73. The van der Waals surface area contributed by atoms with Crippen LogP contribution in [0.5, 0.6) is 0 Å². The van der Waals surface area contributed by atoms with Gasteiger partial charge in [0.25, 0.3) is 0 Å². The summed E-state index contributed by atoms with van der Waals surface area (Å²) in [6.45, 7) is 9.80. The summed E-state index contributed by atoms with van der Waals surface area (Å²) in [5.41, 5.74) is 3.42. The Labute approximate surface area is 230 Å². The van der Waals surface area contributed by atoms with E-state index in [1.165, 1.54) is 4.31 Å². The fraction of sp³-hybridized carbons (Fsp3) is 0.414. The van der Waals surface area contributed by atoms with Crippen LogP contribution in [0.15, 0.2) is 64.9 Å². The largest absolute Gasteiger partial charge is 0.379 e. The Morgan fingerprint density at radius 2 is 1.66 bits per heavy atom. The van der Waals surface area contributed by atoms with Crippen LogP contribution in [0.4, 0.5) is 0 Å².